The first-order valence-corrected chi connectivity index (χ1v) is 6.60. The minimum atomic E-state index is 0.565. The number of hydrogen-bond donors (Lipinski definition) is 0. The summed E-state index contributed by atoms with van der Waals surface area (Å²) in [5, 5.41) is 0. The van der Waals surface area contributed by atoms with E-state index in [1.54, 1.807) is 5.57 Å². The molecule has 0 amide bonds. The largest absolute Gasteiger partial charge is 0.0996 e. The van der Waals surface area contributed by atoms with Crippen LogP contribution in [0, 0.1) is 28.6 Å². The van der Waals surface area contributed by atoms with Crippen molar-refractivity contribution in [1.29, 1.82) is 0 Å². The first kappa shape index (κ1) is 9.93. The summed E-state index contributed by atoms with van der Waals surface area (Å²) in [4.78, 5) is 0. The lowest BCUT2D eigenvalue weighted by Gasteiger charge is -2.29. The van der Waals surface area contributed by atoms with Gasteiger partial charge >= 0.3 is 0 Å². The number of hydrogen-bond acceptors (Lipinski definition) is 0. The Morgan fingerprint density at radius 3 is 2.60 bits per heavy atom. The molecule has 0 heterocycles. The minimum absolute atomic E-state index is 0.565. The summed E-state index contributed by atoms with van der Waals surface area (Å²) >= 11 is 0. The van der Waals surface area contributed by atoms with Crippen LogP contribution >= 0.6 is 0 Å². The number of fused-ring (bicyclic) bond motifs is 3. The van der Waals surface area contributed by atoms with Gasteiger partial charge in [-0.3, -0.25) is 0 Å². The maximum absolute atomic E-state index is 4.33. The van der Waals surface area contributed by atoms with E-state index in [1.165, 1.54) is 32.1 Å². The molecule has 2 unspecified atom stereocenters. The predicted molar refractivity (Wildman–Crippen MR) is 64.6 cm³/mol. The average molecular weight is 204 g/mol. The lowest BCUT2D eigenvalue weighted by atomic mass is 9.75. The molecule has 15 heavy (non-hydrogen) atoms. The van der Waals surface area contributed by atoms with Crippen molar-refractivity contribution < 1.29 is 0 Å². The molecule has 0 aromatic heterocycles. The smallest absolute Gasteiger partial charge is 0.0167 e. The highest BCUT2D eigenvalue weighted by molar-refractivity contribution is 5.20. The highest BCUT2D eigenvalue weighted by Gasteiger charge is 2.61. The molecule has 0 heteroatoms. The molecule has 0 nitrogen and oxygen atoms in total. The molecule has 0 aromatic carbocycles. The van der Waals surface area contributed by atoms with E-state index in [0.717, 1.165) is 17.8 Å². The van der Waals surface area contributed by atoms with Crippen molar-refractivity contribution in [2.24, 2.45) is 28.6 Å². The Kier molecular flexibility index (Phi) is 1.79. The summed E-state index contributed by atoms with van der Waals surface area (Å²) in [5.41, 5.74) is 2.84. The quantitative estimate of drug-likeness (QED) is 0.513. The normalized spacial score (nSPS) is 51.9. The van der Waals surface area contributed by atoms with Crippen LogP contribution < -0.4 is 0 Å². The number of rotatable bonds is 0. The predicted octanol–water partition coefficient (Wildman–Crippen LogP) is 4.42. The van der Waals surface area contributed by atoms with Gasteiger partial charge in [-0.25, -0.2) is 0 Å². The molecular weight excluding hydrogens is 180 g/mol. The second-order valence-corrected chi connectivity index (χ2v) is 7.39. The van der Waals surface area contributed by atoms with E-state index in [9.17, 15) is 0 Å². The summed E-state index contributed by atoms with van der Waals surface area (Å²) < 4.78 is 0. The van der Waals surface area contributed by atoms with Crippen LogP contribution in [-0.4, -0.2) is 0 Å². The standard InChI is InChI=1S/C15H24/c1-10-5-6-13-12(10)9-14(2,3)7-11-8-15(11,13)4/h11-13H,1,5-9H2,2-4H3/t11?,12-,13?,15+/m1/s1. The van der Waals surface area contributed by atoms with Gasteiger partial charge in [-0.2, -0.15) is 0 Å². The summed E-state index contributed by atoms with van der Waals surface area (Å²) in [6.45, 7) is 11.8. The van der Waals surface area contributed by atoms with Gasteiger partial charge in [-0.15, -0.1) is 0 Å². The molecule has 3 aliphatic carbocycles. The maximum atomic E-state index is 4.33. The molecular formula is C15H24. The van der Waals surface area contributed by atoms with Crippen molar-refractivity contribution in [3.05, 3.63) is 12.2 Å². The van der Waals surface area contributed by atoms with Crippen LogP contribution in [0.2, 0.25) is 0 Å². The number of allylic oxidation sites excluding steroid dienone is 1. The summed E-state index contributed by atoms with van der Waals surface area (Å²) in [6.07, 6.45) is 7.12. The van der Waals surface area contributed by atoms with Crippen LogP contribution in [0.3, 0.4) is 0 Å². The van der Waals surface area contributed by atoms with E-state index < -0.39 is 0 Å². The Hall–Kier alpha value is -0.260. The molecule has 0 aromatic rings. The third-order valence-corrected chi connectivity index (χ3v) is 5.66. The van der Waals surface area contributed by atoms with Crippen LogP contribution in [0.25, 0.3) is 0 Å². The Balaban J connectivity index is 1.95. The third kappa shape index (κ3) is 1.33. The maximum Gasteiger partial charge on any atom is -0.0167 e. The molecule has 3 fully saturated rings. The van der Waals surface area contributed by atoms with Crippen molar-refractivity contribution in [3.8, 4) is 0 Å². The Bertz CT molecular complexity index is 312. The molecule has 0 aliphatic heterocycles. The Morgan fingerprint density at radius 1 is 1.13 bits per heavy atom. The van der Waals surface area contributed by atoms with Crippen LogP contribution in [0.15, 0.2) is 12.2 Å². The SMILES string of the molecule is C=C1CCC2[C@@H]1CC(C)(C)CC1C[C@@]12C. The Labute approximate surface area is 94.1 Å². The lowest BCUT2D eigenvalue weighted by Crippen LogP contribution is -2.21. The van der Waals surface area contributed by atoms with Gasteiger partial charge in [0.05, 0.1) is 0 Å². The van der Waals surface area contributed by atoms with Crippen molar-refractivity contribution >= 4 is 0 Å². The van der Waals surface area contributed by atoms with Crippen LogP contribution in [0.1, 0.15) is 52.9 Å². The van der Waals surface area contributed by atoms with E-state index in [1.807, 2.05) is 0 Å². The zero-order valence-corrected chi connectivity index (χ0v) is 10.5. The molecule has 84 valence electrons. The van der Waals surface area contributed by atoms with Crippen molar-refractivity contribution in [3.63, 3.8) is 0 Å². The first-order chi connectivity index (χ1) is 6.92. The van der Waals surface area contributed by atoms with Crippen LogP contribution in [-0.2, 0) is 0 Å². The summed E-state index contributed by atoms with van der Waals surface area (Å²) in [5.74, 6) is 2.88. The van der Waals surface area contributed by atoms with Gasteiger partial charge in [0.1, 0.15) is 0 Å². The lowest BCUT2D eigenvalue weighted by molar-refractivity contribution is 0.232. The highest BCUT2D eigenvalue weighted by atomic mass is 14.7. The van der Waals surface area contributed by atoms with Gasteiger partial charge in [-0.05, 0) is 60.7 Å². The van der Waals surface area contributed by atoms with Gasteiger partial charge < -0.3 is 0 Å². The highest BCUT2D eigenvalue weighted by Crippen LogP contribution is 2.70. The molecule has 3 saturated carbocycles. The van der Waals surface area contributed by atoms with Gasteiger partial charge in [-0.1, -0.05) is 32.9 Å². The molecule has 0 bridgehead atoms. The van der Waals surface area contributed by atoms with E-state index in [-0.39, 0.29) is 0 Å². The van der Waals surface area contributed by atoms with Gasteiger partial charge in [0.2, 0.25) is 0 Å². The molecule has 3 rings (SSSR count). The Morgan fingerprint density at radius 2 is 1.87 bits per heavy atom. The molecule has 0 N–H and O–H groups in total. The van der Waals surface area contributed by atoms with Gasteiger partial charge in [0, 0.05) is 0 Å². The van der Waals surface area contributed by atoms with Gasteiger partial charge in [0.25, 0.3) is 0 Å². The first-order valence-electron chi connectivity index (χ1n) is 6.60. The average Bonchev–Trinajstić information content (AvgIpc) is 2.59. The molecule has 0 saturated heterocycles. The summed E-state index contributed by atoms with van der Waals surface area (Å²) in [6, 6.07) is 0. The van der Waals surface area contributed by atoms with Crippen molar-refractivity contribution in [1.82, 2.24) is 0 Å². The molecule has 3 aliphatic rings. The zero-order valence-electron chi connectivity index (χ0n) is 10.5. The van der Waals surface area contributed by atoms with E-state index in [4.69, 9.17) is 0 Å². The second-order valence-electron chi connectivity index (χ2n) is 7.39. The van der Waals surface area contributed by atoms with Crippen LogP contribution in [0.5, 0.6) is 0 Å². The van der Waals surface area contributed by atoms with Crippen molar-refractivity contribution in [2.45, 2.75) is 52.9 Å². The molecule has 0 radical (unpaired) electrons. The van der Waals surface area contributed by atoms with Crippen LogP contribution in [0.4, 0.5) is 0 Å². The fraction of sp³-hybridized carbons (Fsp3) is 0.867. The molecule has 4 atom stereocenters. The van der Waals surface area contributed by atoms with Gasteiger partial charge in [0.15, 0.2) is 0 Å². The zero-order chi connectivity index (χ0) is 10.8. The van der Waals surface area contributed by atoms with E-state index >= 15 is 0 Å². The van der Waals surface area contributed by atoms with E-state index in [0.29, 0.717) is 10.8 Å². The molecule has 0 spiro atoms. The topological polar surface area (TPSA) is 0 Å². The summed E-state index contributed by atoms with van der Waals surface area (Å²) in [7, 11) is 0. The monoisotopic (exact) mass is 204 g/mol. The fourth-order valence-corrected chi connectivity index (χ4v) is 4.67. The second kappa shape index (κ2) is 2.70. The minimum Gasteiger partial charge on any atom is -0.0996 e. The fourth-order valence-electron chi connectivity index (χ4n) is 4.67. The van der Waals surface area contributed by atoms with E-state index in [2.05, 4.69) is 27.4 Å². The van der Waals surface area contributed by atoms with Crippen molar-refractivity contribution in [2.75, 3.05) is 0 Å². The third-order valence-electron chi connectivity index (χ3n) is 5.66.